The molecule has 0 spiro atoms. The number of halogens is 2. The largest absolute Gasteiger partial charge is 0.444 e. The van der Waals surface area contributed by atoms with Crippen molar-refractivity contribution in [3.63, 3.8) is 0 Å². The van der Waals surface area contributed by atoms with E-state index < -0.39 is 5.60 Å². The Morgan fingerprint density at radius 2 is 1.81 bits per heavy atom. The smallest absolute Gasteiger partial charge is 0.410 e. The minimum Gasteiger partial charge on any atom is -0.444 e. The molecule has 0 radical (unpaired) electrons. The lowest BCUT2D eigenvalue weighted by Gasteiger charge is -2.26. The van der Waals surface area contributed by atoms with Crippen LogP contribution in [0, 0.1) is 0 Å². The van der Waals surface area contributed by atoms with Crippen molar-refractivity contribution in [2.24, 2.45) is 0 Å². The summed E-state index contributed by atoms with van der Waals surface area (Å²) in [6.07, 6.45) is 1.07. The first-order valence-corrected chi connectivity index (χ1v) is 9.45. The predicted molar refractivity (Wildman–Crippen MR) is 109 cm³/mol. The highest BCUT2D eigenvalue weighted by atomic mass is 35.5. The van der Waals surface area contributed by atoms with Crippen molar-refractivity contribution in [3.8, 4) is 0 Å². The van der Waals surface area contributed by atoms with Crippen LogP contribution in [0.1, 0.15) is 31.9 Å². The maximum Gasteiger partial charge on any atom is 0.410 e. The first-order valence-electron chi connectivity index (χ1n) is 8.26. The maximum absolute atomic E-state index is 12.3. The highest BCUT2D eigenvalue weighted by molar-refractivity contribution is 8.13. The number of carbonyl (C=O) groups excluding carboxylic acids is 2. The van der Waals surface area contributed by atoms with Gasteiger partial charge in [-0.05, 0) is 62.6 Å². The molecule has 0 aliphatic carbocycles. The summed E-state index contributed by atoms with van der Waals surface area (Å²) < 4.78 is 5.48. The van der Waals surface area contributed by atoms with E-state index in [4.69, 9.17) is 16.3 Å². The van der Waals surface area contributed by atoms with Crippen LogP contribution in [-0.4, -0.2) is 53.9 Å². The van der Waals surface area contributed by atoms with E-state index in [1.807, 2.05) is 32.9 Å². The number of fused-ring (bicyclic) bond motifs is 1. The lowest BCUT2D eigenvalue weighted by molar-refractivity contribution is 0.0258. The summed E-state index contributed by atoms with van der Waals surface area (Å²) in [5, 5.41) is 0.508. The SMILES string of the molecule is CN(C)C(=O)Sc1c(Cl)ccc2c1CCN(C(=O)OC(C)(C)C)CC2.Cl. The van der Waals surface area contributed by atoms with Crippen LogP contribution in [0.15, 0.2) is 17.0 Å². The van der Waals surface area contributed by atoms with E-state index in [9.17, 15) is 9.59 Å². The number of carbonyl (C=O) groups is 2. The molecule has 26 heavy (non-hydrogen) atoms. The first-order chi connectivity index (χ1) is 11.6. The third-order valence-electron chi connectivity index (χ3n) is 3.80. The minimum atomic E-state index is -0.515. The van der Waals surface area contributed by atoms with Crippen LogP contribution in [0.4, 0.5) is 9.59 Å². The average molecular weight is 421 g/mol. The van der Waals surface area contributed by atoms with Gasteiger partial charge in [-0.25, -0.2) is 4.79 Å². The Morgan fingerprint density at radius 1 is 1.19 bits per heavy atom. The lowest BCUT2D eigenvalue weighted by Crippen LogP contribution is -2.38. The highest BCUT2D eigenvalue weighted by Crippen LogP contribution is 2.36. The van der Waals surface area contributed by atoms with Crippen LogP contribution < -0.4 is 0 Å². The number of benzene rings is 1. The molecule has 0 unspecified atom stereocenters. The Hall–Kier alpha value is -1.11. The molecule has 1 aliphatic heterocycles. The quantitative estimate of drug-likeness (QED) is 0.607. The number of ether oxygens (including phenoxy) is 1. The fourth-order valence-corrected chi connectivity index (χ4v) is 3.73. The van der Waals surface area contributed by atoms with E-state index in [1.54, 1.807) is 19.0 Å². The van der Waals surface area contributed by atoms with Gasteiger partial charge in [0.1, 0.15) is 5.60 Å². The number of hydrogen-bond donors (Lipinski definition) is 0. The summed E-state index contributed by atoms with van der Waals surface area (Å²) in [5.41, 5.74) is 1.67. The molecule has 0 N–H and O–H groups in total. The Morgan fingerprint density at radius 3 is 2.38 bits per heavy atom. The second kappa shape index (κ2) is 9.20. The van der Waals surface area contributed by atoms with E-state index in [-0.39, 0.29) is 23.7 Å². The summed E-state index contributed by atoms with van der Waals surface area (Å²) in [4.78, 5) is 28.5. The zero-order chi connectivity index (χ0) is 18.8. The molecule has 5 nitrogen and oxygen atoms in total. The Kier molecular flexibility index (Phi) is 8.11. The van der Waals surface area contributed by atoms with E-state index in [0.29, 0.717) is 24.5 Å². The molecule has 2 amide bonds. The van der Waals surface area contributed by atoms with Crippen molar-refractivity contribution in [1.29, 1.82) is 0 Å². The second-order valence-corrected chi connectivity index (χ2v) is 8.61. The van der Waals surface area contributed by atoms with Crippen LogP contribution in [0.25, 0.3) is 0 Å². The molecule has 2 rings (SSSR count). The molecule has 1 heterocycles. The van der Waals surface area contributed by atoms with E-state index in [1.165, 1.54) is 4.90 Å². The predicted octanol–water partition coefficient (Wildman–Crippen LogP) is 4.87. The van der Waals surface area contributed by atoms with Gasteiger partial charge in [-0.2, -0.15) is 0 Å². The topological polar surface area (TPSA) is 49.9 Å². The monoisotopic (exact) mass is 420 g/mol. The van der Waals surface area contributed by atoms with Crippen molar-refractivity contribution in [3.05, 3.63) is 28.3 Å². The van der Waals surface area contributed by atoms with Crippen LogP contribution in [0.5, 0.6) is 0 Å². The zero-order valence-corrected chi connectivity index (χ0v) is 18.2. The molecule has 1 aromatic rings. The van der Waals surface area contributed by atoms with Gasteiger partial charge in [0.15, 0.2) is 0 Å². The van der Waals surface area contributed by atoms with Gasteiger partial charge in [-0.3, -0.25) is 4.79 Å². The number of nitrogens with zero attached hydrogens (tertiary/aromatic N) is 2. The number of amides is 2. The summed E-state index contributed by atoms with van der Waals surface area (Å²) in [7, 11) is 3.43. The Labute approximate surface area is 170 Å². The standard InChI is InChI=1S/C18H25ClN2O3S.ClH/c1-18(2,3)24-16(22)21-10-8-12-6-7-14(19)15(13(12)9-11-21)25-17(23)20(4)5;/h6-7H,8-11H2,1-5H3;1H. The minimum absolute atomic E-state index is 0. The Bertz CT molecular complexity index is 675. The van der Waals surface area contributed by atoms with Crippen molar-refractivity contribution >= 4 is 47.1 Å². The van der Waals surface area contributed by atoms with Crippen molar-refractivity contribution in [2.75, 3.05) is 27.2 Å². The molecule has 1 aliphatic rings. The van der Waals surface area contributed by atoms with Crippen molar-refractivity contribution < 1.29 is 14.3 Å². The molecule has 0 atom stereocenters. The molecule has 0 saturated heterocycles. The van der Waals surface area contributed by atoms with Gasteiger partial charge in [0.2, 0.25) is 0 Å². The fourth-order valence-electron chi connectivity index (χ4n) is 2.56. The van der Waals surface area contributed by atoms with Gasteiger partial charge in [0, 0.05) is 32.1 Å². The molecule has 1 aromatic carbocycles. The number of rotatable bonds is 1. The molecular weight excluding hydrogens is 395 g/mol. The molecule has 8 heteroatoms. The van der Waals surface area contributed by atoms with E-state index >= 15 is 0 Å². The summed E-state index contributed by atoms with van der Waals surface area (Å²) in [5.74, 6) is 0. The summed E-state index contributed by atoms with van der Waals surface area (Å²) >= 11 is 7.49. The third kappa shape index (κ3) is 5.96. The van der Waals surface area contributed by atoms with Gasteiger partial charge >= 0.3 is 6.09 Å². The summed E-state index contributed by atoms with van der Waals surface area (Å²) in [6.45, 7) is 6.72. The summed E-state index contributed by atoms with van der Waals surface area (Å²) in [6, 6.07) is 3.81. The average Bonchev–Trinajstić information content (AvgIpc) is 2.70. The molecule has 0 aromatic heterocycles. The molecule has 0 saturated carbocycles. The van der Waals surface area contributed by atoms with E-state index in [0.717, 1.165) is 34.2 Å². The van der Waals surface area contributed by atoms with Crippen molar-refractivity contribution in [2.45, 2.75) is 44.1 Å². The molecule has 0 bridgehead atoms. The van der Waals surface area contributed by atoms with Gasteiger partial charge in [0.05, 0.1) is 5.02 Å². The van der Waals surface area contributed by atoms with Crippen LogP contribution in [0.3, 0.4) is 0 Å². The van der Waals surface area contributed by atoms with Gasteiger partial charge < -0.3 is 14.5 Å². The van der Waals surface area contributed by atoms with Crippen LogP contribution >= 0.6 is 35.8 Å². The first kappa shape index (κ1) is 22.9. The molecular formula is C18H26Cl2N2O3S. The van der Waals surface area contributed by atoms with Gasteiger partial charge in [0.25, 0.3) is 5.24 Å². The van der Waals surface area contributed by atoms with Gasteiger partial charge in [-0.15, -0.1) is 12.4 Å². The molecule has 146 valence electrons. The lowest BCUT2D eigenvalue weighted by atomic mass is 10.0. The van der Waals surface area contributed by atoms with E-state index in [2.05, 4.69) is 0 Å². The number of hydrogen-bond acceptors (Lipinski definition) is 4. The van der Waals surface area contributed by atoms with Gasteiger partial charge in [-0.1, -0.05) is 17.7 Å². The maximum atomic E-state index is 12.3. The van der Waals surface area contributed by atoms with Crippen molar-refractivity contribution in [1.82, 2.24) is 9.80 Å². The molecule has 0 fully saturated rings. The third-order valence-corrected chi connectivity index (χ3v) is 5.44. The normalized spacial score (nSPS) is 14.0. The number of thioether (sulfide) groups is 1. The zero-order valence-electron chi connectivity index (χ0n) is 15.8. The van der Waals surface area contributed by atoms with Crippen LogP contribution in [0.2, 0.25) is 5.02 Å². The van der Waals surface area contributed by atoms with Crippen LogP contribution in [-0.2, 0) is 17.6 Å². The second-order valence-electron chi connectivity index (χ2n) is 7.24. The Balaban J connectivity index is 0.00000338. The highest BCUT2D eigenvalue weighted by Gasteiger charge is 2.26. The fraction of sp³-hybridized carbons (Fsp3) is 0.556.